The summed E-state index contributed by atoms with van der Waals surface area (Å²) in [5.74, 6) is 0. The molecule has 17 aromatic rings. The molecule has 2 heterocycles. The smallest absolute Gasteiger partial charge is 0.143 e. The fourth-order valence-electron chi connectivity index (χ4n) is 13.5. The normalized spacial score (nSPS) is 12.0. The summed E-state index contributed by atoms with van der Waals surface area (Å²) >= 11 is 0. The fourth-order valence-corrected chi connectivity index (χ4v) is 13.5. The molecule has 2 aromatic heterocycles. The number of rotatable bonds is 6. The Bertz CT molecular complexity index is 5310. The maximum Gasteiger partial charge on any atom is 0.143 e. The van der Waals surface area contributed by atoms with Crippen molar-refractivity contribution in [3.05, 3.63) is 279 Å². The molecule has 0 saturated heterocycles. The molecule has 2 heteroatoms. The van der Waals surface area contributed by atoms with Crippen molar-refractivity contribution in [3.8, 4) is 66.8 Å². The van der Waals surface area contributed by atoms with Crippen LogP contribution in [0.5, 0.6) is 0 Å². The quantitative estimate of drug-likeness (QED) is 0.155. The van der Waals surface area contributed by atoms with Crippen LogP contribution in [0.2, 0.25) is 0 Å². The first kappa shape index (κ1) is 44.6. The molecule has 370 valence electrons. The Kier molecular flexibility index (Phi) is 9.75. The van der Waals surface area contributed by atoms with Gasteiger partial charge in [0.2, 0.25) is 0 Å². The van der Waals surface area contributed by atoms with Gasteiger partial charge in [0.25, 0.3) is 0 Å². The van der Waals surface area contributed by atoms with Gasteiger partial charge in [-0.3, -0.25) is 0 Å². The molecule has 17 rings (SSSR count). The molecule has 0 aliphatic rings. The van der Waals surface area contributed by atoms with E-state index < -0.39 is 0 Å². The average molecular weight is 1020 g/mol. The molecular weight excluding hydrogens is 969 g/mol. The minimum Gasteiger partial charge on any atom is -0.456 e. The topological polar surface area (TPSA) is 26.3 Å². The Morgan fingerprint density at radius 3 is 1.06 bits per heavy atom. The number of benzene rings is 15. The first-order valence-electron chi connectivity index (χ1n) is 27.5. The summed E-state index contributed by atoms with van der Waals surface area (Å²) in [6, 6.07) is 102. The van der Waals surface area contributed by atoms with E-state index in [1.54, 1.807) is 0 Å². The standard InChI is InChI=1S/C78H46O2/c1-5-24-65-61(20-1)74(48-36-34-47(35-37-48)56-28-15-31-69-57-18-9-12-33-72(57)80-78(56)69)62-21-2-6-25-66(62)76(65)59-29-13-16-51-44-49(38-41-54(51)59)50-39-42-55-52(45-50)17-14-30-60(55)77-67-26-7-3-22-63(67)75(64-23-4-8-27-68(64)77)53-40-43-73-70(46-53)58-19-10-11-32-71(58)79-73/h1-46H. The summed E-state index contributed by atoms with van der Waals surface area (Å²) in [4.78, 5) is 0. The Hall–Kier alpha value is -10.5. The lowest BCUT2D eigenvalue weighted by Gasteiger charge is -2.19. The highest BCUT2D eigenvalue weighted by Gasteiger charge is 2.22. The maximum absolute atomic E-state index is 6.46. The molecule has 0 aliphatic carbocycles. The van der Waals surface area contributed by atoms with Crippen LogP contribution in [-0.4, -0.2) is 0 Å². The largest absolute Gasteiger partial charge is 0.456 e. The third kappa shape index (κ3) is 6.73. The maximum atomic E-state index is 6.46. The zero-order valence-electron chi connectivity index (χ0n) is 43.4. The van der Waals surface area contributed by atoms with E-state index in [0.29, 0.717) is 0 Å². The first-order valence-corrected chi connectivity index (χ1v) is 27.5. The van der Waals surface area contributed by atoms with Crippen LogP contribution in [0.3, 0.4) is 0 Å². The van der Waals surface area contributed by atoms with Crippen molar-refractivity contribution in [1.29, 1.82) is 0 Å². The van der Waals surface area contributed by atoms with Crippen molar-refractivity contribution in [2.45, 2.75) is 0 Å². The number of fused-ring (bicyclic) bond motifs is 12. The summed E-state index contributed by atoms with van der Waals surface area (Å²) in [6.07, 6.45) is 0. The monoisotopic (exact) mass is 1010 g/mol. The molecule has 0 unspecified atom stereocenters. The Labute approximate surface area is 460 Å². The van der Waals surface area contributed by atoms with E-state index in [4.69, 9.17) is 8.83 Å². The van der Waals surface area contributed by atoms with Gasteiger partial charge in [-0.1, -0.05) is 243 Å². The summed E-state index contributed by atoms with van der Waals surface area (Å²) in [5, 5.41) is 19.3. The van der Waals surface area contributed by atoms with E-state index in [1.807, 2.05) is 18.2 Å². The second-order valence-electron chi connectivity index (χ2n) is 21.3. The van der Waals surface area contributed by atoms with Gasteiger partial charge in [-0.2, -0.15) is 0 Å². The molecule has 0 amide bonds. The Balaban J connectivity index is 0.759. The highest BCUT2D eigenvalue weighted by atomic mass is 16.3. The average Bonchev–Trinajstić information content (AvgIpc) is 4.17. The van der Waals surface area contributed by atoms with Gasteiger partial charge >= 0.3 is 0 Å². The third-order valence-corrected chi connectivity index (χ3v) is 17.1. The number of hydrogen-bond donors (Lipinski definition) is 0. The molecule has 0 radical (unpaired) electrons. The molecule has 0 saturated carbocycles. The fraction of sp³-hybridized carbons (Fsp3) is 0. The summed E-state index contributed by atoms with van der Waals surface area (Å²) in [7, 11) is 0. The molecule has 0 fully saturated rings. The molecule has 0 atom stereocenters. The van der Waals surface area contributed by atoms with Gasteiger partial charge in [-0.05, 0) is 162 Å². The highest BCUT2D eigenvalue weighted by molar-refractivity contribution is 6.26. The first-order chi connectivity index (χ1) is 39.7. The third-order valence-electron chi connectivity index (χ3n) is 17.1. The van der Waals surface area contributed by atoms with Gasteiger partial charge in [0.15, 0.2) is 0 Å². The van der Waals surface area contributed by atoms with Crippen molar-refractivity contribution >= 4 is 109 Å². The Morgan fingerprint density at radius 1 is 0.175 bits per heavy atom. The predicted molar refractivity (Wildman–Crippen MR) is 339 cm³/mol. The Morgan fingerprint density at radius 2 is 0.537 bits per heavy atom. The zero-order valence-corrected chi connectivity index (χ0v) is 43.4. The van der Waals surface area contributed by atoms with Crippen LogP contribution in [0.1, 0.15) is 0 Å². The van der Waals surface area contributed by atoms with Gasteiger partial charge in [0, 0.05) is 27.1 Å². The lowest BCUT2D eigenvalue weighted by Crippen LogP contribution is -1.92. The second kappa shape index (κ2) is 17.5. The van der Waals surface area contributed by atoms with Crippen molar-refractivity contribution in [3.63, 3.8) is 0 Å². The minimum atomic E-state index is 0.904. The van der Waals surface area contributed by atoms with Crippen LogP contribution in [0, 0.1) is 0 Å². The SMILES string of the molecule is c1cc(-c2c3ccccc3c(-c3ccc(-c4cccc5c4oc4ccccc45)cc3)c3ccccc23)c2ccc(-c3ccc4c(-c5c6ccccc6c(-c6ccc7oc8ccccc8c7c6)c6ccccc56)cccc4c3)cc2c1. The molecule has 2 nitrogen and oxygen atoms in total. The van der Waals surface area contributed by atoms with E-state index in [0.717, 1.165) is 55.0 Å². The zero-order chi connectivity index (χ0) is 52.4. The van der Waals surface area contributed by atoms with Crippen LogP contribution in [0.4, 0.5) is 0 Å². The summed E-state index contributed by atoms with van der Waals surface area (Å²) in [5.41, 5.74) is 18.1. The van der Waals surface area contributed by atoms with Crippen molar-refractivity contribution in [2.75, 3.05) is 0 Å². The predicted octanol–water partition coefficient (Wildman–Crippen LogP) is 22.4. The van der Waals surface area contributed by atoms with E-state index >= 15 is 0 Å². The van der Waals surface area contributed by atoms with Crippen LogP contribution in [-0.2, 0) is 0 Å². The van der Waals surface area contributed by atoms with Gasteiger partial charge < -0.3 is 8.83 Å². The highest BCUT2D eigenvalue weighted by Crippen LogP contribution is 2.49. The van der Waals surface area contributed by atoms with Crippen LogP contribution in [0.25, 0.3) is 175 Å². The van der Waals surface area contributed by atoms with Gasteiger partial charge in [-0.15, -0.1) is 0 Å². The minimum absolute atomic E-state index is 0.904. The summed E-state index contributed by atoms with van der Waals surface area (Å²) < 4.78 is 12.7. The lowest BCUT2D eigenvalue weighted by molar-refractivity contribution is 0.669. The van der Waals surface area contributed by atoms with Crippen LogP contribution < -0.4 is 0 Å². The lowest BCUT2D eigenvalue weighted by atomic mass is 9.84. The molecular formula is C78H46O2. The molecule has 0 N–H and O–H groups in total. The summed E-state index contributed by atoms with van der Waals surface area (Å²) in [6.45, 7) is 0. The van der Waals surface area contributed by atoms with Crippen LogP contribution >= 0.6 is 0 Å². The van der Waals surface area contributed by atoms with Gasteiger partial charge in [0.1, 0.15) is 22.3 Å². The van der Waals surface area contributed by atoms with Gasteiger partial charge in [-0.25, -0.2) is 0 Å². The number of hydrogen-bond acceptors (Lipinski definition) is 2. The number of para-hydroxylation sites is 3. The second-order valence-corrected chi connectivity index (χ2v) is 21.3. The van der Waals surface area contributed by atoms with Crippen LogP contribution in [0.15, 0.2) is 288 Å². The van der Waals surface area contributed by atoms with Crippen molar-refractivity contribution < 1.29 is 8.83 Å². The molecule has 80 heavy (non-hydrogen) atoms. The molecule has 0 bridgehead atoms. The van der Waals surface area contributed by atoms with E-state index in [9.17, 15) is 0 Å². The van der Waals surface area contributed by atoms with E-state index in [2.05, 4.69) is 261 Å². The molecule has 0 spiro atoms. The van der Waals surface area contributed by atoms with Crippen molar-refractivity contribution in [1.82, 2.24) is 0 Å². The number of furan rings is 2. The van der Waals surface area contributed by atoms with Crippen molar-refractivity contribution in [2.24, 2.45) is 0 Å². The van der Waals surface area contributed by atoms with E-state index in [1.165, 1.54) is 120 Å². The molecule has 15 aromatic carbocycles. The molecule has 0 aliphatic heterocycles. The van der Waals surface area contributed by atoms with E-state index in [-0.39, 0.29) is 0 Å². The van der Waals surface area contributed by atoms with Gasteiger partial charge in [0.05, 0.1) is 0 Å².